The number of aryl methyl sites for hydroxylation is 1. The molecule has 0 bridgehead atoms. The maximum Gasteiger partial charge on any atom is 0.266 e. The number of hydrogen-bond acceptors (Lipinski definition) is 3. The molecule has 0 saturated heterocycles. The van der Waals surface area contributed by atoms with Crippen LogP contribution in [0.25, 0.3) is 16.6 Å². The Morgan fingerprint density at radius 2 is 1.77 bits per heavy atom. The van der Waals surface area contributed by atoms with E-state index >= 15 is 0 Å². The van der Waals surface area contributed by atoms with Crippen molar-refractivity contribution in [3.63, 3.8) is 0 Å². The predicted molar refractivity (Wildman–Crippen MR) is 128 cm³/mol. The normalized spacial score (nSPS) is 10.9. The highest BCUT2D eigenvalue weighted by Crippen LogP contribution is 2.21. The molecular weight excluding hydrogens is 406 g/mol. The highest BCUT2D eigenvalue weighted by Gasteiger charge is 2.18. The number of benzene rings is 3. The quantitative estimate of drug-likeness (QED) is 0.446. The molecule has 0 atom stereocenters. The van der Waals surface area contributed by atoms with Gasteiger partial charge in [-0.25, -0.2) is 0 Å². The Bertz CT molecular complexity index is 1400. The van der Waals surface area contributed by atoms with Crippen LogP contribution in [0.5, 0.6) is 0 Å². The highest BCUT2D eigenvalue weighted by molar-refractivity contribution is 7.71. The van der Waals surface area contributed by atoms with Gasteiger partial charge >= 0.3 is 0 Å². The molecule has 156 valence electrons. The standard InChI is InChI=1S/C25H23N3O2S/c1-4-27(19-10-6-5-7-11-19)23(29)18-13-14-20-21(15-18)26-25(31)28(24(20)30)22-12-8-9-16(2)17(22)3/h5-15H,4H2,1-3H3,(H,26,31). The molecule has 0 aliphatic heterocycles. The molecule has 0 fully saturated rings. The van der Waals surface area contributed by atoms with E-state index in [-0.39, 0.29) is 11.5 Å². The fraction of sp³-hybridized carbons (Fsp3) is 0.160. The summed E-state index contributed by atoms with van der Waals surface area (Å²) in [5.41, 5.74) is 4.50. The molecule has 1 amide bonds. The van der Waals surface area contributed by atoms with Crippen LogP contribution >= 0.6 is 12.2 Å². The number of fused-ring (bicyclic) bond motifs is 1. The summed E-state index contributed by atoms with van der Waals surface area (Å²) >= 11 is 5.52. The molecule has 0 spiro atoms. The summed E-state index contributed by atoms with van der Waals surface area (Å²) in [6.45, 7) is 6.44. The van der Waals surface area contributed by atoms with Crippen LogP contribution in [-0.2, 0) is 0 Å². The lowest BCUT2D eigenvalue weighted by atomic mass is 10.1. The van der Waals surface area contributed by atoms with E-state index in [1.165, 1.54) is 4.57 Å². The minimum Gasteiger partial charge on any atom is -0.331 e. The second-order valence-corrected chi connectivity index (χ2v) is 7.82. The van der Waals surface area contributed by atoms with Gasteiger partial charge in [-0.3, -0.25) is 14.2 Å². The monoisotopic (exact) mass is 429 g/mol. The van der Waals surface area contributed by atoms with E-state index in [2.05, 4.69) is 4.98 Å². The van der Waals surface area contributed by atoms with Gasteiger partial charge < -0.3 is 9.88 Å². The number of carbonyl (C=O) groups excluding carboxylic acids is 1. The van der Waals surface area contributed by atoms with Crippen molar-refractivity contribution in [1.29, 1.82) is 0 Å². The summed E-state index contributed by atoms with van der Waals surface area (Å²) in [6.07, 6.45) is 0. The van der Waals surface area contributed by atoms with Crippen molar-refractivity contribution in [2.75, 3.05) is 11.4 Å². The molecule has 1 heterocycles. The maximum absolute atomic E-state index is 13.3. The fourth-order valence-electron chi connectivity index (χ4n) is 3.75. The van der Waals surface area contributed by atoms with E-state index in [0.717, 1.165) is 22.5 Å². The van der Waals surface area contributed by atoms with Crippen LogP contribution in [0, 0.1) is 18.6 Å². The maximum atomic E-state index is 13.3. The second kappa shape index (κ2) is 8.32. The van der Waals surface area contributed by atoms with Gasteiger partial charge in [-0.05, 0) is 80.5 Å². The summed E-state index contributed by atoms with van der Waals surface area (Å²) in [5.74, 6) is -0.131. The Morgan fingerprint density at radius 1 is 1.03 bits per heavy atom. The van der Waals surface area contributed by atoms with Crippen LogP contribution < -0.4 is 10.5 Å². The number of hydrogen-bond donors (Lipinski definition) is 1. The van der Waals surface area contributed by atoms with E-state index in [4.69, 9.17) is 12.2 Å². The average molecular weight is 430 g/mol. The SMILES string of the molecule is CCN(C(=O)c1ccc2c(=O)n(-c3cccc(C)c3C)c(=S)[nH]c2c1)c1ccccc1. The van der Waals surface area contributed by atoms with Gasteiger partial charge in [0, 0.05) is 17.8 Å². The first-order chi connectivity index (χ1) is 14.9. The smallest absolute Gasteiger partial charge is 0.266 e. The van der Waals surface area contributed by atoms with E-state index < -0.39 is 0 Å². The van der Waals surface area contributed by atoms with Gasteiger partial charge in [0.15, 0.2) is 4.77 Å². The number of carbonyl (C=O) groups is 1. The van der Waals surface area contributed by atoms with Gasteiger partial charge in [-0.15, -0.1) is 0 Å². The van der Waals surface area contributed by atoms with Crippen LogP contribution in [-0.4, -0.2) is 22.0 Å². The van der Waals surface area contributed by atoms with E-state index in [1.54, 1.807) is 23.1 Å². The third-order valence-corrected chi connectivity index (χ3v) is 5.88. The first kappa shape index (κ1) is 20.8. The lowest BCUT2D eigenvalue weighted by Gasteiger charge is -2.21. The summed E-state index contributed by atoms with van der Waals surface area (Å²) in [6, 6.07) is 20.4. The third kappa shape index (κ3) is 3.70. The minimum absolute atomic E-state index is 0.131. The highest BCUT2D eigenvalue weighted by atomic mass is 32.1. The van der Waals surface area contributed by atoms with E-state index in [9.17, 15) is 9.59 Å². The molecule has 0 unspecified atom stereocenters. The van der Waals surface area contributed by atoms with Crippen molar-refractivity contribution in [3.05, 3.63) is 98.5 Å². The largest absolute Gasteiger partial charge is 0.331 e. The molecule has 4 rings (SSSR count). The Balaban J connectivity index is 1.83. The van der Waals surface area contributed by atoms with Crippen LogP contribution in [0.1, 0.15) is 28.4 Å². The molecule has 0 aliphatic rings. The van der Waals surface area contributed by atoms with Crippen molar-refractivity contribution in [1.82, 2.24) is 9.55 Å². The Hall–Kier alpha value is -3.51. The number of aromatic nitrogens is 2. The van der Waals surface area contributed by atoms with Crippen LogP contribution in [0.2, 0.25) is 0 Å². The van der Waals surface area contributed by atoms with Gasteiger partial charge in [0.2, 0.25) is 0 Å². The predicted octanol–water partition coefficient (Wildman–Crippen LogP) is 5.33. The summed E-state index contributed by atoms with van der Waals surface area (Å²) in [7, 11) is 0. The second-order valence-electron chi connectivity index (χ2n) is 7.44. The number of nitrogens with one attached hydrogen (secondary N) is 1. The Kier molecular flexibility index (Phi) is 5.57. The molecule has 31 heavy (non-hydrogen) atoms. The molecule has 1 aromatic heterocycles. The first-order valence-electron chi connectivity index (χ1n) is 10.1. The number of aromatic amines is 1. The molecule has 0 aliphatic carbocycles. The molecule has 6 heteroatoms. The molecule has 1 N–H and O–H groups in total. The Labute approximate surface area is 185 Å². The van der Waals surface area contributed by atoms with Crippen molar-refractivity contribution >= 4 is 34.7 Å². The van der Waals surface area contributed by atoms with Crippen LogP contribution in [0.4, 0.5) is 5.69 Å². The van der Waals surface area contributed by atoms with Crippen LogP contribution in [0.15, 0.2) is 71.5 Å². The molecule has 4 aromatic rings. The van der Waals surface area contributed by atoms with E-state index in [0.29, 0.717) is 27.8 Å². The van der Waals surface area contributed by atoms with Crippen molar-refractivity contribution < 1.29 is 4.79 Å². The van der Waals surface area contributed by atoms with Gasteiger partial charge in [0.25, 0.3) is 11.5 Å². The fourth-order valence-corrected chi connectivity index (χ4v) is 4.05. The number of rotatable bonds is 4. The lowest BCUT2D eigenvalue weighted by Crippen LogP contribution is -2.30. The van der Waals surface area contributed by atoms with Crippen molar-refractivity contribution in [2.24, 2.45) is 0 Å². The summed E-state index contributed by atoms with van der Waals surface area (Å²) < 4.78 is 1.82. The molecular formula is C25H23N3O2S. The van der Waals surface area contributed by atoms with Gasteiger partial charge in [0.05, 0.1) is 16.6 Å². The van der Waals surface area contributed by atoms with Crippen molar-refractivity contribution in [2.45, 2.75) is 20.8 Å². The number of amides is 1. The zero-order valence-electron chi connectivity index (χ0n) is 17.7. The topological polar surface area (TPSA) is 58.1 Å². The molecule has 3 aromatic carbocycles. The number of anilines is 1. The lowest BCUT2D eigenvalue weighted by molar-refractivity contribution is 0.0988. The summed E-state index contributed by atoms with van der Waals surface area (Å²) in [4.78, 5) is 31.3. The third-order valence-electron chi connectivity index (χ3n) is 5.59. The number of nitrogens with zero attached hydrogens (tertiary/aromatic N) is 2. The van der Waals surface area contributed by atoms with Gasteiger partial charge in [-0.2, -0.15) is 0 Å². The van der Waals surface area contributed by atoms with Gasteiger partial charge in [0.1, 0.15) is 0 Å². The molecule has 0 saturated carbocycles. The Morgan fingerprint density at radius 3 is 2.48 bits per heavy atom. The average Bonchev–Trinajstić information content (AvgIpc) is 2.77. The molecule has 5 nitrogen and oxygen atoms in total. The number of para-hydroxylation sites is 1. The first-order valence-corrected chi connectivity index (χ1v) is 10.6. The van der Waals surface area contributed by atoms with Gasteiger partial charge in [-0.1, -0.05) is 30.3 Å². The van der Waals surface area contributed by atoms with Crippen LogP contribution in [0.3, 0.4) is 0 Å². The summed E-state index contributed by atoms with van der Waals surface area (Å²) in [5, 5.41) is 0.480. The van der Waals surface area contributed by atoms with E-state index in [1.807, 2.05) is 69.3 Å². The zero-order valence-corrected chi connectivity index (χ0v) is 18.5. The minimum atomic E-state index is -0.207. The number of H-pyrrole nitrogens is 1. The van der Waals surface area contributed by atoms with Crippen molar-refractivity contribution in [3.8, 4) is 5.69 Å². The molecule has 0 radical (unpaired) electrons. The zero-order chi connectivity index (χ0) is 22.1.